The molecule has 0 spiro atoms. The zero-order valence-electron chi connectivity index (χ0n) is 13.3. The average Bonchev–Trinajstić information content (AvgIpc) is 2.82. The molecule has 0 bridgehead atoms. The van der Waals surface area contributed by atoms with Gasteiger partial charge in [-0.25, -0.2) is 14.8 Å². The van der Waals surface area contributed by atoms with Crippen molar-refractivity contribution >= 4 is 33.3 Å². The summed E-state index contributed by atoms with van der Waals surface area (Å²) in [6, 6.07) is 0.128. The molecule has 2 aromatic heterocycles. The van der Waals surface area contributed by atoms with Crippen LogP contribution in [0, 0.1) is 13.8 Å². The number of anilines is 1. The van der Waals surface area contributed by atoms with Crippen molar-refractivity contribution in [3.05, 3.63) is 16.3 Å². The number of nitrogens with zero attached hydrogens (tertiary/aromatic N) is 2. The van der Waals surface area contributed by atoms with Gasteiger partial charge < -0.3 is 15.2 Å². The van der Waals surface area contributed by atoms with E-state index in [1.54, 1.807) is 0 Å². The number of rotatable bonds is 6. The maximum absolute atomic E-state index is 11.9. The van der Waals surface area contributed by atoms with E-state index >= 15 is 0 Å². The largest absolute Gasteiger partial charge is 0.465 e. The summed E-state index contributed by atoms with van der Waals surface area (Å²) in [6.07, 6.45) is 1.52. The summed E-state index contributed by atoms with van der Waals surface area (Å²) in [5, 5.41) is 13.4. The van der Waals surface area contributed by atoms with Gasteiger partial charge in [-0.05, 0) is 32.3 Å². The van der Waals surface area contributed by atoms with Gasteiger partial charge in [0.1, 0.15) is 21.3 Å². The standard InChI is InChI=1S/C15H21N3O3S/c1-5-10(6-7-19)18-13-11-8(2)12(15(20)21-4)22-14(11)17-9(3)16-13/h10,19H,5-7H2,1-4H3,(H,16,17,18). The van der Waals surface area contributed by atoms with Crippen molar-refractivity contribution in [1.82, 2.24) is 9.97 Å². The van der Waals surface area contributed by atoms with Crippen molar-refractivity contribution < 1.29 is 14.6 Å². The highest BCUT2D eigenvalue weighted by molar-refractivity contribution is 7.20. The van der Waals surface area contributed by atoms with E-state index in [4.69, 9.17) is 9.84 Å². The number of hydrogen-bond acceptors (Lipinski definition) is 7. The molecule has 22 heavy (non-hydrogen) atoms. The van der Waals surface area contributed by atoms with Crippen LogP contribution in [0.3, 0.4) is 0 Å². The zero-order chi connectivity index (χ0) is 16.3. The predicted molar refractivity (Wildman–Crippen MR) is 87.6 cm³/mol. The molecule has 1 atom stereocenters. The quantitative estimate of drug-likeness (QED) is 0.795. The van der Waals surface area contributed by atoms with E-state index in [-0.39, 0.29) is 18.6 Å². The van der Waals surface area contributed by atoms with E-state index < -0.39 is 0 Å². The number of carbonyl (C=O) groups excluding carboxylic acids is 1. The molecule has 0 radical (unpaired) electrons. The molecule has 0 aliphatic carbocycles. The molecule has 0 saturated carbocycles. The van der Waals surface area contributed by atoms with Crippen LogP contribution in [0.4, 0.5) is 5.82 Å². The maximum atomic E-state index is 11.9. The van der Waals surface area contributed by atoms with E-state index in [1.807, 2.05) is 13.8 Å². The molecule has 2 N–H and O–H groups in total. The molecule has 6 nitrogen and oxygen atoms in total. The molecule has 0 fully saturated rings. The second kappa shape index (κ2) is 7.02. The second-order valence-corrected chi connectivity index (χ2v) is 6.11. The molecule has 2 rings (SSSR count). The lowest BCUT2D eigenvalue weighted by Gasteiger charge is -2.17. The summed E-state index contributed by atoms with van der Waals surface area (Å²) in [5.74, 6) is 1.00. The summed E-state index contributed by atoms with van der Waals surface area (Å²) >= 11 is 1.32. The van der Waals surface area contributed by atoms with Crippen LogP contribution >= 0.6 is 11.3 Å². The summed E-state index contributed by atoms with van der Waals surface area (Å²) < 4.78 is 4.83. The van der Waals surface area contributed by atoms with Crippen molar-refractivity contribution in [1.29, 1.82) is 0 Å². The van der Waals surface area contributed by atoms with Gasteiger partial charge in [0.05, 0.1) is 12.5 Å². The number of aliphatic hydroxyl groups is 1. The SMILES string of the molecule is CCC(CCO)Nc1nc(C)nc2sc(C(=O)OC)c(C)c12. The number of carbonyl (C=O) groups is 1. The van der Waals surface area contributed by atoms with Crippen LogP contribution in [0.5, 0.6) is 0 Å². The molecule has 1 unspecified atom stereocenters. The number of thiophene rings is 1. The van der Waals surface area contributed by atoms with E-state index in [9.17, 15) is 4.79 Å². The number of aryl methyl sites for hydroxylation is 2. The van der Waals surface area contributed by atoms with E-state index in [1.165, 1.54) is 18.4 Å². The van der Waals surface area contributed by atoms with Gasteiger partial charge in [-0.1, -0.05) is 6.92 Å². The first-order chi connectivity index (χ1) is 10.5. The Morgan fingerprint density at radius 1 is 1.41 bits per heavy atom. The molecule has 7 heteroatoms. The summed E-state index contributed by atoms with van der Waals surface area (Å²) in [6.45, 7) is 5.88. The van der Waals surface area contributed by atoms with E-state index in [0.29, 0.717) is 22.9 Å². The fraction of sp³-hybridized carbons (Fsp3) is 0.533. The zero-order valence-corrected chi connectivity index (χ0v) is 14.1. The van der Waals surface area contributed by atoms with Gasteiger partial charge >= 0.3 is 5.97 Å². The van der Waals surface area contributed by atoms with E-state index in [2.05, 4.69) is 22.2 Å². The summed E-state index contributed by atoms with van der Waals surface area (Å²) in [7, 11) is 1.37. The number of methoxy groups -OCH3 is 1. The van der Waals surface area contributed by atoms with Gasteiger partial charge in [0, 0.05) is 12.6 Å². The van der Waals surface area contributed by atoms with Gasteiger partial charge in [0.25, 0.3) is 0 Å². The van der Waals surface area contributed by atoms with Crippen LogP contribution in [-0.4, -0.2) is 40.8 Å². The first kappa shape index (κ1) is 16.6. The number of esters is 1. The van der Waals surface area contributed by atoms with Crippen molar-refractivity contribution in [2.24, 2.45) is 0 Å². The Labute approximate surface area is 133 Å². The Morgan fingerprint density at radius 3 is 2.73 bits per heavy atom. The van der Waals surface area contributed by atoms with Crippen LogP contribution in [0.25, 0.3) is 10.2 Å². The van der Waals surface area contributed by atoms with Gasteiger partial charge in [-0.2, -0.15) is 0 Å². The predicted octanol–water partition coefficient (Wildman–Crippen LogP) is 2.67. The topological polar surface area (TPSA) is 84.3 Å². The van der Waals surface area contributed by atoms with Crippen LogP contribution in [0.1, 0.15) is 40.8 Å². The smallest absolute Gasteiger partial charge is 0.348 e. The molecule has 0 aliphatic heterocycles. The average molecular weight is 323 g/mol. The maximum Gasteiger partial charge on any atom is 0.348 e. The molecule has 2 aromatic rings. The molecule has 0 aromatic carbocycles. The highest BCUT2D eigenvalue weighted by Gasteiger charge is 2.21. The Hall–Kier alpha value is -1.73. The Morgan fingerprint density at radius 2 is 2.14 bits per heavy atom. The number of nitrogens with one attached hydrogen (secondary N) is 1. The Balaban J connectivity index is 2.53. The molecule has 0 aliphatic rings. The number of ether oxygens (including phenoxy) is 1. The van der Waals surface area contributed by atoms with Gasteiger partial charge in [-0.3, -0.25) is 0 Å². The normalized spacial score (nSPS) is 12.4. The van der Waals surface area contributed by atoms with Crippen LogP contribution in [0.15, 0.2) is 0 Å². The second-order valence-electron chi connectivity index (χ2n) is 5.11. The lowest BCUT2D eigenvalue weighted by Crippen LogP contribution is -2.21. The van der Waals surface area contributed by atoms with Gasteiger partial charge in [0.15, 0.2) is 0 Å². The summed E-state index contributed by atoms with van der Waals surface area (Å²) in [5.41, 5.74) is 0.827. The van der Waals surface area contributed by atoms with Crippen LogP contribution < -0.4 is 5.32 Å². The molecular weight excluding hydrogens is 302 g/mol. The number of aromatic nitrogens is 2. The molecule has 2 heterocycles. The van der Waals surface area contributed by atoms with Crippen molar-refractivity contribution in [2.75, 3.05) is 19.0 Å². The number of aliphatic hydroxyl groups excluding tert-OH is 1. The highest BCUT2D eigenvalue weighted by atomic mass is 32.1. The number of hydrogen-bond donors (Lipinski definition) is 2. The Kier molecular flexibility index (Phi) is 5.31. The molecule has 120 valence electrons. The van der Waals surface area contributed by atoms with Crippen LogP contribution in [-0.2, 0) is 4.74 Å². The summed E-state index contributed by atoms with van der Waals surface area (Å²) in [4.78, 5) is 22.1. The monoisotopic (exact) mass is 323 g/mol. The van der Waals surface area contributed by atoms with Crippen LogP contribution in [0.2, 0.25) is 0 Å². The minimum absolute atomic E-state index is 0.120. The van der Waals surface area contributed by atoms with Gasteiger partial charge in [0.2, 0.25) is 0 Å². The van der Waals surface area contributed by atoms with E-state index in [0.717, 1.165) is 22.2 Å². The molecule has 0 saturated heterocycles. The number of fused-ring (bicyclic) bond motifs is 1. The third kappa shape index (κ3) is 3.20. The minimum atomic E-state index is -0.355. The van der Waals surface area contributed by atoms with Crippen molar-refractivity contribution in [3.8, 4) is 0 Å². The lowest BCUT2D eigenvalue weighted by atomic mass is 10.1. The van der Waals surface area contributed by atoms with Crippen molar-refractivity contribution in [2.45, 2.75) is 39.7 Å². The molecule has 0 amide bonds. The minimum Gasteiger partial charge on any atom is -0.465 e. The fourth-order valence-electron chi connectivity index (χ4n) is 2.36. The molecular formula is C15H21N3O3S. The third-order valence-electron chi connectivity index (χ3n) is 3.58. The fourth-order valence-corrected chi connectivity index (χ4v) is 3.51. The first-order valence-corrected chi connectivity index (χ1v) is 8.06. The van der Waals surface area contributed by atoms with Gasteiger partial charge in [-0.15, -0.1) is 11.3 Å². The third-order valence-corrected chi connectivity index (χ3v) is 4.75. The lowest BCUT2D eigenvalue weighted by molar-refractivity contribution is 0.0605. The highest BCUT2D eigenvalue weighted by Crippen LogP contribution is 2.34. The first-order valence-electron chi connectivity index (χ1n) is 7.25. The Bertz CT molecular complexity index is 684. The van der Waals surface area contributed by atoms with Crippen molar-refractivity contribution in [3.63, 3.8) is 0 Å².